The lowest BCUT2D eigenvalue weighted by atomic mass is 10.3. The van der Waals surface area contributed by atoms with Crippen LogP contribution in [0.2, 0.25) is 0 Å². The average molecular weight is 262 g/mol. The van der Waals surface area contributed by atoms with Crippen molar-refractivity contribution in [2.75, 3.05) is 37.8 Å². The Hall–Kier alpha value is -0.820. The first-order valence-electron chi connectivity index (χ1n) is 5.90. The van der Waals surface area contributed by atoms with Crippen LogP contribution in [0.15, 0.2) is 0 Å². The molecule has 1 unspecified atom stereocenters. The maximum absolute atomic E-state index is 11.9. The van der Waals surface area contributed by atoms with Gasteiger partial charge >= 0.3 is 6.03 Å². The van der Waals surface area contributed by atoms with E-state index in [-0.39, 0.29) is 23.6 Å². The number of amides is 2. The molecule has 0 aromatic carbocycles. The van der Waals surface area contributed by atoms with E-state index < -0.39 is 9.84 Å². The molecule has 7 heteroatoms. The van der Waals surface area contributed by atoms with E-state index in [1.165, 1.54) is 0 Å². The highest BCUT2D eigenvalue weighted by atomic mass is 32.2. The highest BCUT2D eigenvalue weighted by Crippen LogP contribution is 2.08. The van der Waals surface area contributed by atoms with Gasteiger partial charge in [-0.3, -0.25) is 0 Å². The fourth-order valence-electron chi connectivity index (χ4n) is 2.06. The third-order valence-corrected chi connectivity index (χ3v) is 4.82. The maximum atomic E-state index is 11.9. The summed E-state index contributed by atoms with van der Waals surface area (Å²) in [5, 5.41) is 2.87. The number of nitrogens with zero attached hydrogens (tertiary/aromatic N) is 1. The molecule has 2 aliphatic heterocycles. The Labute approximate surface area is 101 Å². The lowest BCUT2D eigenvalue weighted by molar-refractivity contribution is 0.179. The first-order valence-corrected chi connectivity index (χ1v) is 7.72. The highest BCUT2D eigenvalue weighted by Gasteiger charge is 2.25. The monoisotopic (exact) mass is 262 g/mol. The smallest absolute Gasteiger partial charge is 0.317 e. The van der Waals surface area contributed by atoms with Gasteiger partial charge in [0.2, 0.25) is 0 Å². The zero-order valence-corrected chi connectivity index (χ0v) is 10.5. The minimum absolute atomic E-state index is 0.0710. The fraction of sp³-hybridized carbons (Fsp3) is 0.900. The molecule has 1 N–H and O–H groups in total. The van der Waals surface area contributed by atoms with Crippen molar-refractivity contribution >= 4 is 15.9 Å². The first-order chi connectivity index (χ1) is 8.07. The quantitative estimate of drug-likeness (QED) is 0.698. The Balaban J connectivity index is 1.86. The molecule has 0 aromatic heterocycles. The molecule has 2 amide bonds. The summed E-state index contributed by atoms with van der Waals surface area (Å²) in [5.74, 6) is 0.255. The van der Waals surface area contributed by atoms with Gasteiger partial charge in [-0.15, -0.1) is 0 Å². The fourth-order valence-corrected chi connectivity index (χ4v) is 3.33. The third kappa shape index (κ3) is 3.57. The minimum atomic E-state index is -2.96. The minimum Gasteiger partial charge on any atom is -0.379 e. The van der Waals surface area contributed by atoms with Crippen molar-refractivity contribution in [3.05, 3.63) is 0 Å². The summed E-state index contributed by atoms with van der Waals surface area (Å²) >= 11 is 0. The van der Waals surface area contributed by atoms with Crippen LogP contribution < -0.4 is 5.32 Å². The van der Waals surface area contributed by atoms with Gasteiger partial charge in [0.1, 0.15) is 0 Å². The van der Waals surface area contributed by atoms with Crippen LogP contribution in [0.5, 0.6) is 0 Å². The van der Waals surface area contributed by atoms with Crippen LogP contribution in [-0.4, -0.2) is 63.2 Å². The van der Waals surface area contributed by atoms with Crippen molar-refractivity contribution in [2.24, 2.45) is 0 Å². The summed E-state index contributed by atoms with van der Waals surface area (Å²) < 4.78 is 28.0. The lowest BCUT2D eigenvalue weighted by Gasteiger charge is -2.22. The molecule has 0 aromatic rings. The summed E-state index contributed by atoms with van der Waals surface area (Å²) in [5.41, 5.74) is 0. The van der Waals surface area contributed by atoms with E-state index in [2.05, 4.69) is 5.32 Å². The Bertz CT molecular complexity index is 376. The molecule has 0 bridgehead atoms. The van der Waals surface area contributed by atoms with Gasteiger partial charge in [0.05, 0.1) is 24.2 Å². The molecule has 2 heterocycles. The standard InChI is InChI=1S/C10H18N2O4S/c13-10(11-9-2-5-16-8-9)12-3-1-6-17(14,15)7-4-12/h9H,1-8H2,(H,11,13). The van der Waals surface area contributed by atoms with Gasteiger partial charge in [0.15, 0.2) is 9.84 Å². The van der Waals surface area contributed by atoms with Crippen LogP contribution in [-0.2, 0) is 14.6 Å². The SMILES string of the molecule is O=C(NC1CCOC1)N1CCCS(=O)(=O)CC1. The lowest BCUT2D eigenvalue weighted by Crippen LogP contribution is -2.46. The second-order valence-corrected chi connectivity index (χ2v) is 6.81. The molecule has 6 nitrogen and oxygen atoms in total. The molecule has 17 heavy (non-hydrogen) atoms. The summed E-state index contributed by atoms with van der Waals surface area (Å²) in [6.45, 7) is 2.04. The van der Waals surface area contributed by atoms with Gasteiger partial charge in [0, 0.05) is 19.7 Å². The molecular formula is C10H18N2O4S. The van der Waals surface area contributed by atoms with E-state index >= 15 is 0 Å². The molecule has 98 valence electrons. The van der Waals surface area contributed by atoms with E-state index in [0.29, 0.717) is 32.7 Å². The van der Waals surface area contributed by atoms with Crippen LogP contribution >= 0.6 is 0 Å². The van der Waals surface area contributed by atoms with Crippen LogP contribution in [0.4, 0.5) is 4.79 Å². The van der Waals surface area contributed by atoms with Crippen molar-refractivity contribution in [2.45, 2.75) is 18.9 Å². The number of sulfone groups is 1. The summed E-state index contributed by atoms with van der Waals surface area (Å²) in [4.78, 5) is 13.5. The summed E-state index contributed by atoms with van der Waals surface area (Å²) in [6.07, 6.45) is 1.36. The summed E-state index contributed by atoms with van der Waals surface area (Å²) in [7, 11) is -2.96. The van der Waals surface area contributed by atoms with E-state index in [0.717, 1.165) is 6.42 Å². The highest BCUT2D eigenvalue weighted by molar-refractivity contribution is 7.91. The molecule has 0 radical (unpaired) electrons. The van der Waals surface area contributed by atoms with Crippen LogP contribution in [0.25, 0.3) is 0 Å². The van der Waals surface area contributed by atoms with Gasteiger partial charge in [-0.05, 0) is 12.8 Å². The number of carbonyl (C=O) groups excluding carboxylic acids is 1. The number of urea groups is 1. The van der Waals surface area contributed by atoms with Crippen molar-refractivity contribution in [3.8, 4) is 0 Å². The number of rotatable bonds is 1. The van der Waals surface area contributed by atoms with Crippen molar-refractivity contribution in [3.63, 3.8) is 0 Å². The van der Waals surface area contributed by atoms with Gasteiger partial charge in [-0.1, -0.05) is 0 Å². The largest absolute Gasteiger partial charge is 0.379 e. The van der Waals surface area contributed by atoms with E-state index in [1.54, 1.807) is 4.90 Å². The Morgan fingerprint density at radius 2 is 2.12 bits per heavy atom. The third-order valence-electron chi connectivity index (χ3n) is 3.10. The van der Waals surface area contributed by atoms with Gasteiger partial charge < -0.3 is 15.0 Å². The number of hydrogen-bond donors (Lipinski definition) is 1. The Morgan fingerprint density at radius 1 is 1.29 bits per heavy atom. The van der Waals surface area contributed by atoms with E-state index in [4.69, 9.17) is 4.74 Å². The Morgan fingerprint density at radius 3 is 2.82 bits per heavy atom. The molecular weight excluding hydrogens is 244 g/mol. The maximum Gasteiger partial charge on any atom is 0.317 e. The molecule has 1 atom stereocenters. The molecule has 0 aliphatic carbocycles. The van der Waals surface area contributed by atoms with Crippen molar-refractivity contribution in [1.82, 2.24) is 10.2 Å². The molecule has 0 saturated carbocycles. The van der Waals surface area contributed by atoms with Crippen molar-refractivity contribution < 1.29 is 17.9 Å². The molecule has 2 saturated heterocycles. The van der Waals surface area contributed by atoms with Crippen molar-refractivity contribution in [1.29, 1.82) is 0 Å². The zero-order chi connectivity index (χ0) is 12.3. The van der Waals surface area contributed by atoms with Gasteiger partial charge in [-0.25, -0.2) is 13.2 Å². The first kappa shape index (κ1) is 12.6. The number of nitrogens with one attached hydrogen (secondary N) is 1. The number of carbonyl (C=O) groups is 1. The van der Waals surface area contributed by atoms with Gasteiger partial charge in [0.25, 0.3) is 0 Å². The molecule has 2 aliphatic rings. The average Bonchev–Trinajstić information content (AvgIpc) is 2.68. The normalized spacial score (nSPS) is 28.7. The topological polar surface area (TPSA) is 75.7 Å². The Kier molecular flexibility index (Phi) is 3.88. The predicted octanol–water partition coefficient (Wildman–Crippen LogP) is -0.395. The number of ether oxygens (including phenoxy) is 1. The molecule has 2 fully saturated rings. The number of hydrogen-bond acceptors (Lipinski definition) is 4. The van der Waals surface area contributed by atoms with E-state index in [9.17, 15) is 13.2 Å². The van der Waals surface area contributed by atoms with Gasteiger partial charge in [-0.2, -0.15) is 0 Å². The second-order valence-electron chi connectivity index (χ2n) is 4.50. The van der Waals surface area contributed by atoms with Crippen LogP contribution in [0.1, 0.15) is 12.8 Å². The molecule has 0 spiro atoms. The van der Waals surface area contributed by atoms with Crippen LogP contribution in [0.3, 0.4) is 0 Å². The zero-order valence-electron chi connectivity index (χ0n) is 9.72. The molecule has 2 rings (SSSR count). The van der Waals surface area contributed by atoms with E-state index in [1.807, 2.05) is 0 Å². The summed E-state index contributed by atoms with van der Waals surface area (Å²) in [6, 6.07) is -0.0973. The predicted molar refractivity (Wildman–Crippen MR) is 62.6 cm³/mol. The van der Waals surface area contributed by atoms with Crippen LogP contribution in [0, 0.1) is 0 Å². The second kappa shape index (κ2) is 5.22.